The summed E-state index contributed by atoms with van der Waals surface area (Å²) < 4.78 is 6.80. The number of nitrogens with one attached hydrogen (secondary N) is 1. The SMILES string of the molecule is COc1cc(/C=N/NC(=O)c2ccc(CSc3nncn3C)cc2)cc(O)c1O. The Kier molecular flexibility index (Phi) is 6.35. The van der Waals surface area contributed by atoms with Gasteiger partial charge in [-0.3, -0.25) is 4.79 Å². The van der Waals surface area contributed by atoms with Crippen LogP contribution in [0.5, 0.6) is 17.2 Å². The molecule has 0 fully saturated rings. The number of nitrogens with zero attached hydrogens (tertiary/aromatic N) is 4. The number of phenolic OH excluding ortho intramolecular Hbond substituents is 2. The maximum atomic E-state index is 12.2. The van der Waals surface area contributed by atoms with Crippen LogP contribution < -0.4 is 10.2 Å². The van der Waals surface area contributed by atoms with E-state index in [1.165, 1.54) is 25.5 Å². The lowest BCUT2D eigenvalue weighted by Gasteiger charge is -2.06. The third-order valence-electron chi connectivity index (χ3n) is 3.93. The molecular formula is C19H19N5O4S. The van der Waals surface area contributed by atoms with E-state index in [0.29, 0.717) is 16.9 Å². The highest BCUT2D eigenvalue weighted by molar-refractivity contribution is 7.98. The molecule has 0 unspecified atom stereocenters. The molecule has 3 aromatic rings. The molecule has 3 N–H and O–H groups in total. The molecule has 0 radical (unpaired) electrons. The zero-order chi connectivity index (χ0) is 20.8. The van der Waals surface area contributed by atoms with E-state index in [1.807, 2.05) is 23.7 Å². The second kappa shape index (κ2) is 9.11. The summed E-state index contributed by atoms with van der Waals surface area (Å²) in [7, 11) is 3.25. The lowest BCUT2D eigenvalue weighted by molar-refractivity contribution is 0.0955. The lowest BCUT2D eigenvalue weighted by Crippen LogP contribution is -2.17. The van der Waals surface area contributed by atoms with Gasteiger partial charge in [0.2, 0.25) is 5.75 Å². The number of thioether (sulfide) groups is 1. The summed E-state index contributed by atoms with van der Waals surface area (Å²) in [6.07, 6.45) is 2.98. The van der Waals surface area contributed by atoms with Crippen molar-refractivity contribution in [3.8, 4) is 17.2 Å². The number of carbonyl (C=O) groups excluding carboxylic acids is 1. The van der Waals surface area contributed by atoms with Crippen LogP contribution in [0.15, 0.2) is 53.0 Å². The van der Waals surface area contributed by atoms with Gasteiger partial charge >= 0.3 is 0 Å². The number of hydrogen-bond donors (Lipinski definition) is 3. The van der Waals surface area contributed by atoms with Crippen LogP contribution in [-0.2, 0) is 12.8 Å². The fourth-order valence-corrected chi connectivity index (χ4v) is 3.22. The Labute approximate surface area is 171 Å². The van der Waals surface area contributed by atoms with E-state index in [1.54, 1.807) is 30.2 Å². The van der Waals surface area contributed by atoms with Crippen LogP contribution in [0.25, 0.3) is 0 Å². The molecule has 0 saturated heterocycles. The fraction of sp³-hybridized carbons (Fsp3) is 0.158. The lowest BCUT2D eigenvalue weighted by atomic mass is 10.1. The number of phenols is 2. The van der Waals surface area contributed by atoms with Crippen LogP contribution in [0.4, 0.5) is 0 Å². The van der Waals surface area contributed by atoms with Gasteiger partial charge in [-0.1, -0.05) is 23.9 Å². The Morgan fingerprint density at radius 2 is 2.07 bits per heavy atom. The standard InChI is InChI=1S/C19H19N5O4S/c1-24-11-21-23-19(24)29-10-12-3-5-14(6-4-12)18(27)22-20-9-13-7-15(25)17(26)16(8-13)28-2/h3-9,11,25-26H,10H2,1-2H3,(H,22,27)/b20-9+. The maximum absolute atomic E-state index is 12.2. The van der Waals surface area contributed by atoms with Crippen molar-refractivity contribution in [2.45, 2.75) is 10.9 Å². The smallest absolute Gasteiger partial charge is 0.271 e. The number of methoxy groups -OCH3 is 1. The van der Waals surface area contributed by atoms with E-state index in [2.05, 4.69) is 20.7 Å². The van der Waals surface area contributed by atoms with Gasteiger partial charge in [0.25, 0.3) is 5.91 Å². The normalized spacial score (nSPS) is 11.0. The Bertz CT molecular complexity index is 1030. The molecule has 0 aliphatic heterocycles. The molecule has 0 aliphatic carbocycles. The summed E-state index contributed by atoms with van der Waals surface area (Å²) in [5, 5.41) is 31.8. The predicted octanol–water partition coefficient (Wildman–Crippen LogP) is 2.29. The molecule has 0 atom stereocenters. The zero-order valence-corrected chi connectivity index (χ0v) is 16.6. The minimum atomic E-state index is -0.372. The highest BCUT2D eigenvalue weighted by atomic mass is 32.2. The van der Waals surface area contributed by atoms with Crippen molar-refractivity contribution in [2.75, 3.05) is 7.11 Å². The molecule has 1 heterocycles. The zero-order valence-electron chi connectivity index (χ0n) is 15.7. The molecular weight excluding hydrogens is 394 g/mol. The molecule has 1 amide bonds. The van der Waals surface area contributed by atoms with E-state index in [0.717, 1.165) is 10.7 Å². The average molecular weight is 413 g/mol. The first-order valence-electron chi connectivity index (χ1n) is 8.47. The highest BCUT2D eigenvalue weighted by Crippen LogP contribution is 2.35. The summed E-state index contributed by atoms with van der Waals surface area (Å²) in [5.74, 6) is -0.257. The van der Waals surface area contributed by atoms with E-state index in [4.69, 9.17) is 4.74 Å². The molecule has 9 nitrogen and oxygen atoms in total. The van der Waals surface area contributed by atoms with Crippen molar-refractivity contribution in [3.05, 3.63) is 59.4 Å². The molecule has 0 saturated carbocycles. The minimum Gasteiger partial charge on any atom is -0.504 e. The summed E-state index contributed by atoms with van der Waals surface area (Å²) in [5.41, 5.74) is 4.38. The molecule has 0 aliphatic rings. The molecule has 2 aromatic carbocycles. The van der Waals surface area contributed by atoms with E-state index < -0.39 is 0 Å². The third-order valence-corrected chi connectivity index (χ3v) is 5.04. The first-order chi connectivity index (χ1) is 14.0. The van der Waals surface area contributed by atoms with Gasteiger partial charge in [0.05, 0.1) is 13.3 Å². The van der Waals surface area contributed by atoms with Crippen LogP contribution in [0.3, 0.4) is 0 Å². The Hall–Kier alpha value is -3.53. The summed E-state index contributed by atoms with van der Waals surface area (Å²) in [4.78, 5) is 12.2. The van der Waals surface area contributed by atoms with Crippen molar-refractivity contribution < 1.29 is 19.7 Å². The number of carbonyl (C=O) groups is 1. The summed E-state index contributed by atoms with van der Waals surface area (Å²) >= 11 is 1.55. The second-order valence-electron chi connectivity index (χ2n) is 6.00. The van der Waals surface area contributed by atoms with Gasteiger partial charge in [0.1, 0.15) is 6.33 Å². The van der Waals surface area contributed by atoms with Crippen molar-refractivity contribution in [1.29, 1.82) is 0 Å². The fourth-order valence-electron chi connectivity index (χ4n) is 2.38. The van der Waals surface area contributed by atoms with E-state index in [9.17, 15) is 15.0 Å². The summed E-state index contributed by atoms with van der Waals surface area (Å²) in [6, 6.07) is 9.95. The van der Waals surface area contributed by atoms with Crippen LogP contribution >= 0.6 is 11.8 Å². The van der Waals surface area contributed by atoms with Crippen LogP contribution in [-0.4, -0.2) is 44.2 Å². The van der Waals surface area contributed by atoms with Crippen molar-refractivity contribution >= 4 is 23.9 Å². The topological polar surface area (TPSA) is 122 Å². The number of aryl methyl sites for hydroxylation is 1. The Morgan fingerprint density at radius 3 is 2.72 bits per heavy atom. The highest BCUT2D eigenvalue weighted by Gasteiger charge is 2.09. The molecule has 0 bridgehead atoms. The van der Waals surface area contributed by atoms with Gasteiger partial charge in [-0.05, 0) is 29.8 Å². The average Bonchev–Trinajstić information content (AvgIpc) is 3.14. The number of ether oxygens (including phenoxy) is 1. The number of aromatic hydroxyl groups is 2. The number of hydrazone groups is 1. The molecule has 29 heavy (non-hydrogen) atoms. The third kappa shape index (κ3) is 5.05. The number of hydrogen-bond acceptors (Lipinski definition) is 8. The second-order valence-corrected chi connectivity index (χ2v) is 6.94. The quantitative estimate of drug-likeness (QED) is 0.235. The predicted molar refractivity (Wildman–Crippen MR) is 108 cm³/mol. The van der Waals surface area contributed by atoms with E-state index >= 15 is 0 Å². The van der Waals surface area contributed by atoms with Crippen LogP contribution in [0.2, 0.25) is 0 Å². The van der Waals surface area contributed by atoms with E-state index in [-0.39, 0.29) is 23.2 Å². The van der Waals surface area contributed by atoms with Gasteiger partial charge in [0.15, 0.2) is 16.7 Å². The Morgan fingerprint density at radius 1 is 1.31 bits per heavy atom. The Balaban J connectivity index is 1.57. The van der Waals surface area contributed by atoms with Gasteiger partial charge in [-0.15, -0.1) is 10.2 Å². The first-order valence-corrected chi connectivity index (χ1v) is 9.45. The van der Waals surface area contributed by atoms with Crippen molar-refractivity contribution in [1.82, 2.24) is 20.2 Å². The number of benzene rings is 2. The minimum absolute atomic E-state index is 0.104. The monoisotopic (exact) mass is 413 g/mol. The number of aromatic nitrogens is 3. The number of rotatable bonds is 7. The van der Waals surface area contributed by atoms with Gasteiger partial charge in [-0.2, -0.15) is 5.10 Å². The summed E-state index contributed by atoms with van der Waals surface area (Å²) in [6.45, 7) is 0. The molecule has 10 heteroatoms. The van der Waals surface area contributed by atoms with Crippen LogP contribution in [0, 0.1) is 0 Å². The largest absolute Gasteiger partial charge is 0.504 e. The van der Waals surface area contributed by atoms with Gasteiger partial charge in [-0.25, -0.2) is 5.43 Å². The number of amides is 1. The first kappa shape index (κ1) is 20.2. The van der Waals surface area contributed by atoms with Gasteiger partial charge < -0.3 is 19.5 Å². The molecule has 1 aromatic heterocycles. The maximum Gasteiger partial charge on any atom is 0.271 e. The van der Waals surface area contributed by atoms with Crippen molar-refractivity contribution in [2.24, 2.45) is 12.1 Å². The van der Waals surface area contributed by atoms with Gasteiger partial charge in [0, 0.05) is 23.9 Å². The van der Waals surface area contributed by atoms with Crippen molar-refractivity contribution in [3.63, 3.8) is 0 Å². The molecule has 3 rings (SSSR count). The molecule has 0 spiro atoms. The molecule has 150 valence electrons. The van der Waals surface area contributed by atoms with Crippen LogP contribution in [0.1, 0.15) is 21.5 Å².